The SMILES string of the molecule is COc1ccccc1CCc1cc(Oc2c(C)cc(N)cc2C)ccc1OC. The smallest absolute Gasteiger partial charge is 0.133 e. The number of aryl methyl sites for hydroxylation is 4. The van der Waals surface area contributed by atoms with Crippen molar-refractivity contribution in [3.63, 3.8) is 0 Å². The van der Waals surface area contributed by atoms with E-state index < -0.39 is 0 Å². The molecule has 2 N–H and O–H groups in total. The zero-order valence-corrected chi connectivity index (χ0v) is 16.9. The fourth-order valence-corrected chi connectivity index (χ4v) is 3.46. The van der Waals surface area contributed by atoms with Crippen molar-refractivity contribution in [2.45, 2.75) is 26.7 Å². The number of methoxy groups -OCH3 is 2. The number of ether oxygens (including phenoxy) is 3. The first-order valence-corrected chi connectivity index (χ1v) is 9.35. The molecule has 0 amide bonds. The first kappa shape index (κ1) is 19.6. The maximum absolute atomic E-state index is 6.20. The molecular formula is C24H27NO3. The second-order valence-electron chi connectivity index (χ2n) is 6.87. The molecule has 3 rings (SSSR count). The number of hydrogen-bond acceptors (Lipinski definition) is 4. The Labute approximate surface area is 166 Å². The molecule has 0 spiro atoms. The minimum atomic E-state index is 0.745. The van der Waals surface area contributed by atoms with Crippen molar-refractivity contribution in [2.75, 3.05) is 20.0 Å². The second kappa shape index (κ2) is 8.70. The van der Waals surface area contributed by atoms with Gasteiger partial charge in [0.2, 0.25) is 0 Å². The summed E-state index contributed by atoms with van der Waals surface area (Å²) in [5, 5.41) is 0. The Morgan fingerprint density at radius 2 is 1.36 bits per heavy atom. The molecule has 0 unspecified atom stereocenters. The Morgan fingerprint density at radius 3 is 2.04 bits per heavy atom. The van der Waals surface area contributed by atoms with Crippen molar-refractivity contribution >= 4 is 5.69 Å². The number of para-hydroxylation sites is 1. The summed E-state index contributed by atoms with van der Waals surface area (Å²) in [6.45, 7) is 4.01. The molecule has 3 aromatic rings. The monoisotopic (exact) mass is 377 g/mol. The molecule has 146 valence electrons. The molecule has 0 saturated heterocycles. The van der Waals surface area contributed by atoms with Gasteiger partial charge in [-0.05, 0) is 85.3 Å². The molecule has 4 nitrogen and oxygen atoms in total. The van der Waals surface area contributed by atoms with E-state index in [-0.39, 0.29) is 0 Å². The van der Waals surface area contributed by atoms with Gasteiger partial charge >= 0.3 is 0 Å². The Hall–Kier alpha value is -3.14. The second-order valence-corrected chi connectivity index (χ2v) is 6.87. The Balaban J connectivity index is 1.84. The average molecular weight is 377 g/mol. The van der Waals surface area contributed by atoms with Crippen LogP contribution in [0.15, 0.2) is 54.6 Å². The summed E-state index contributed by atoms with van der Waals surface area (Å²) < 4.78 is 17.2. The number of hydrogen-bond donors (Lipinski definition) is 1. The van der Waals surface area contributed by atoms with Crippen LogP contribution >= 0.6 is 0 Å². The zero-order valence-electron chi connectivity index (χ0n) is 16.9. The lowest BCUT2D eigenvalue weighted by Crippen LogP contribution is -1.99. The Morgan fingerprint density at radius 1 is 0.750 bits per heavy atom. The van der Waals surface area contributed by atoms with Gasteiger partial charge in [-0.2, -0.15) is 0 Å². The highest BCUT2D eigenvalue weighted by Crippen LogP contribution is 2.33. The first-order chi connectivity index (χ1) is 13.5. The molecule has 0 saturated carbocycles. The van der Waals surface area contributed by atoms with E-state index in [1.54, 1.807) is 14.2 Å². The van der Waals surface area contributed by atoms with E-state index in [0.717, 1.165) is 58.2 Å². The van der Waals surface area contributed by atoms with Crippen molar-refractivity contribution < 1.29 is 14.2 Å². The molecule has 0 radical (unpaired) electrons. The predicted molar refractivity (Wildman–Crippen MR) is 114 cm³/mol. The van der Waals surface area contributed by atoms with Crippen molar-refractivity contribution in [1.29, 1.82) is 0 Å². The van der Waals surface area contributed by atoms with Gasteiger partial charge < -0.3 is 19.9 Å². The Kier molecular flexibility index (Phi) is 6.09. The summed E-state index contributed by atoms with van der Waals surface area (Å²) in [4.78, 5) is 0. The van der Waals surface area contributed by atoms with Crippen molar-refractivity contribution in [3.05, 3.63) is 76.9 Å². The molecule has 0 atom stereocenters. The molecule has 0 fully saturated rings. The normalized spacial score (nSPS) is 10.6. The molecule has 0 aliphatic rings. The van der Waals surface area contributed by atoms with E-state index in [0.29, 0.717) is 0 Å². The number of rotatable bonds is 7. The van der Waals surface area contributed by atoms with Crippen LogP contribution in [-0.4, -0.2) is 14.2 Å². The highest BCUT2D eigenvalue weighted by molar-refractivity contribution is 5.54. The fourth-order valence-electron chi connectivity index (χ4n) is 3.46. The third kappa shape index (κ3) is 4.39. The van der Waals surface area contributed by atoms with Crippen LogP contribution in [0, 0.1) is 13.8 Å². The lowest BCUT2D eigenvalue weighted by Gasteiger charge is -2.15. The minimum absolute atomic E-state index is 0.745. The zero-order chi connectivity index (χ0) is 20.1. The van der Waals surface area contributed by atoms with Gasteiger partial charge in [0.05, 0.1) is 14.2 Å². The van der Waals surface area contributed by atoms with Gasteiger partial charge in [-0.15, -0.1) is 0 Å². The van der Waals surface area contributed by atoms with E-state index in [4.69, 9.17) is 19.9 Å². The number of nitrogen functional groups attached to an aromatic ring is 1. The fraction of sp³-hybridized carbons (Fsp3) is 0.250. The van der Waals surface area contributed by atoms with Gasteiger partial charge in [0.15, 0.2) is 0 Å². The standard InChI is InChI=1S/C24H27NO3/c1-16-13-20(25)14-17(2)24(16)28-21-11-12-23(27-4)19(15-21)10-9-18-7-5-6-8-22(18)26-3/h5-8,11-15H,9-10,25H2,1-4H3. The van der Waals surface area contributed by atoms with E-state index >= 15 is 0 Å². The van der Waals surface area contributed by atoms with Crippen LogP contribution in [0.1, 0.15) is 22.3 Å². The van der Waals surface area contributed by atoms with Gasteiger partial charge in [0.25, 0.3) is 0 Å². The van der Waals surface area contributed by atoms with Crippen LogP contribution in [0.3, 0.4) is 0 Å². The predicted octanol–water partition coefficient (Wildman–Crippen LogP) is 5.48. The van der Waals surface area contributed by atoms with Gasteiger partial charge in [-0.25, -0.2) is 0 Å². The summed E-state index contributed by atoms with van der Waals surface area (Å²) in [6.07, 6.45) is 1.67. The third-order valence-electron chi connectivity index (χ3n) is 4.81. The molecule has 0 aromatic heterocycles. The van der Waals surface area contributed by atoms with Crippen LogP contribution in [0.4, 0.5) is 5.69 Å². The van der Waals surface area contributed by atoms with Crippen LogP contribution in [0.5, 0.6) is 23.0 Å². The molecule has 0 aliphatic heterocycles. The van der Waals surface area contributed by atoms with Crippen molar-refractivity contribution in [2.24, 2.45) is 0 Å². The molecule has 3 aromatic carbocycles. The summed E-state index contributed by atoms with van der Waals surface area (Å²) in [5.41, 5.74) is 11.0. The van der Waals surface area contributed by atoms with E-state index in [2.05, 4.69) is 6.07 Å². The summed E-state index contributed by atoms with van der Waals surface area (Å²) >= 11 is 0. The third-order valence-corrected chi connectivity index (χ3v) is 4.81. The maximum atomic E-state index is 6.20. The average Bonchev–Trinajstić information content (AvgIpc) is 2.69. The van der Waals surface area contributed by atoms with Crippen molar-refractivity contribution in [3.8, 4) is 23.0 Å². The Bertz CT molecular complexity index is 943. The topological polar surface area (TPSA) is 53.7 Å². The molecule has 0 bridgehead atoms. The van der Waals surface area contributed by atoms with E-state index in [1.165, 1.54) is 5.56 Å². The van der Waals surface area contributed by atoms with Gasteiger partial charge in [0, 0.05) is 5.69 Å². The van der Waals surface area contributed by atoms with Gasteiger partial charge in [-0.3, -0.25) is 0 Å². The molecular weight excluding hydrogens is 350 g/mol. The quantitative estimate of drug-likeness (QED) is 0.554. The summed E-state index contributed by atoms with van der Waals surface area (Å²) in [5.74, 6) is 3.39. The van der Waals surface area contributed by atoms with Crippen molar-refractivity contribution in [1.82, 2.24) is 0 Å². The number of benzene rings is 3. The number of nitrogens with two attached hydrogens (primary N) is 1. The van der Waals surface area contributed by atoms with E-state index in [1.807, 2.05) is 62.4 Å². The first-order valence-electron chi connectivity index (χ1n) is 9.35. The molecule has 0 heterocycles. The van der Waals surface area contributed by atoms with Gasteiger partial charge in [-0.1, -0.05) is 18.2 Å². The molecule has 0 aliphatic carbocycles. The van der Waals surface area contributed by atoms with Crippen LogP contribution in [0.2, 0.25) is 0 Å². The minimum Gasteiger partial charge on any atom is -0.496 e. The lowest BCUT2D eigenvalue weighted by molar-refractivity contribution is 0.404. The highest BCUT2D eigenvalue weighted by Gasteiger charge is 2.11. The van der Waals surface area contributed by atoms with Crippen LogP contribution in [-0.2, 0) is 12.8 Å². The molecule has 4 heteroatoms. The largest absolute Gasteiger partial charge is 0.496 e. The molecule has 28 heavy (non-hydrogen) atoms. The summed E-state index contributed by atoms with van der Waals surface area (Å²) in [6, 6.07) is 17.9. The maximum Gasteiger partial charge on any atom is 0.133 e. The van der Waals surface area contributed by atoms with Gasteiger partial charge in [0.1, 0.15) is 23.0 Å². The number of anilines is 1. The van der Waals surface area contributed by atoms with Crippen LogP contribution < -0.4 is 19.9 Å². The lowest BCUT2D eigenvalue weighted by atomic mass is 10.0. The van der Waals surface area contributed by atoms with E-state index in [9.17, 15) is 0 Å². The highest BCUT2D eigenvalue weighted by atomic mass is 16.5. The summed E-state index contributed by atoms with van der Waals surface area (Å²) in [7, 11) is 3.39. The van der Waals surface area contributed by atoms with Crippen LogP contribution in [0.25, 0.3) is 0 Å².